The van der Waals surface area contributed by atoms with Crippen LogP contribution >= 0.6 is 12.4 Å². The molecule has 5 nitrogen and oxygen atoms in total. The van der Waals surface area contributed by atoms with Crippen LogP contribution in [0.25, 0.3) is 0 Å². The van der Waals surface area contributed by atoms with Gasteiger partial charge in [-0.05, 0) is 48.4 Å². The van der Waals surface area contributed by atoms with Crippen molar-refractivity contribution >= 4 is 12.4 Å². The van der Waals surface area contributed by atoms with E-state index in [-0.39, 0.29) is 30.1 Å². The molecule has 0 fully saturated rings. The summed E-state index contributed by atoms with van der Waals surface area (Å²) in [6.07, 6.45) is 2.09. The molecule has 3 N–H and O–H groups in total. The van der Waals surface area contributed by atoms with Gasteiger partial charge in [0, 0.05) is 12.1 Å². The first-order chi connectivity index (χ1) is 11.2. The Morgan fingerprint density at radius 3 is 2.50 bits per heavy atom. The molecule has 128 valence electrons. The predicted molar refractivity (Wildman–Crippen MR) is 94.2 cm³/mol. The van der Waals surface area contributed by atoms with Crippen molar-refractivity contribution in [3.05, 3.63) is 60.2 Å². The molecule has 2 aromatic carbocycles. The van der Waals surface area contributed by atoms with Crippen molar-refractivity contribution in [2.24, 2.45) is 0 Å². The van der Waals surface area contributed by atoms with E-state index in [1.165, 1.54) is 0 Å². The number of hydrogen-bond acceptors (Lipinski definition) is 5. The first-order valence-electron chi connectivity index (χ1n) is 7.46. The first kappa shape index (κ1) is 18.0. The minimum absolute atomic E-state index is 0. The molecule has 1 unspecified atom stereocenters. The van der Waals surface area contributed by atoms with Gasteiger partial charge in [0.25, 0.3) is 0 Å². The lowest BCUT2D eigenvalue weighted by Crippen LogP contribution is -2.33. The van der Waals surface area contributed by atoms with Crippen LogP contribution in [0.1, 0.15) is 17.4 Å². The van der Waals surface area contributed by atoms with Crippen LogP contribution in [-0.4, -0.2) is 23.4 Å². The van der Waals surface area contributed by atoms with Gasteiger partial charge in [-0.2, -0.15) is 0 Å². The third-order valence-electron chi connectivity index (χ3n) is 3.69. The standard InChI is InChI=1S/C18H19NO4.ClH/c1-2-9-22-13-3-5-14(6-4-13)23-18-15-11-17(21)16(20)10-12(15)7-8-19-18;/h2-6,10-11,18-21H,1,7-9H2;1H. The fraction of sp³-hybridized carbons (Fsp3) is 0.222. The van der Waals surface area contributed by atoms with Gasteiger partial charge in [0.05, 0.1) is 0 Å². The number of benzene rings is 2. The Morgan fingerprint density at radius 1 is 1.12 bits per heavy atom. The van der Waals surface area contributed by atoms with E-state index in [0.29, 0.717) is 12.4 Å². The lowest BCUT2D eigenvalue weighted by atomic mass is 9.98. The number of phenols is 2. The van der Waals surface area contributed by atoms with Gasteiger partial charge >= 0.3 is 0 Å². The highest BCUT2D eigenvalue weighted by molar-refractivity contribution is 5.85. The van der Waals surface area contributed by atoms with Gasteiger partial charge in [0.2, 0.25) is 0 Å². The van der Waals surface area contributed by atoms with E-state index >= 15 is 0 Å². The molecule has 1 aliphatic rings. The summed E-state index contributed by atoms with van der Waals surface area (Å²) in [4.78, 5) is 0. The van der Waals surface area contributed by atoms with E-state index in [9.17, 15) is 10.2 Å². The molecular formula is C18H20ClNO4. The second kappa shape index (κ2) is 7.95. The molecule has 0 radical (unpaired) electrons. The van der Waals surface area contributed by atoms with Crippen molar-refractivity contribution in [1.29, 1.82) is 0 Å². The highest BCUT2D eigenvalue weighted by Crippen LogP contribution is 2.34. The minimum atomic E-state index is -0.370. The summed E-state index contributed by atoms with van der Waals surface area (Å²) in [6.45, 7) is 4.81. The Labute approximate surface area is 147 Å². The van der Waals surface area contributed by atoms with Gasteiger partial charge in [-0.1, -0.05) is 12.7 Å². The molecule has 0 aromatic heterocycles. The minimum Gasteiger partial charge on any atom is -0.504 e. The summed E-state index contributed by atoms with van der Waals surface area (Å²) in [7, 11) is 0. The van der Waals surface area contributed by atoms with Crippen molar-refractivity contribution in [3.63, 3.8) is 0 Å². The van der Waals surface area contributed by atoms with Crippen molar-refractivity contribution in [2.45, 2.75) is 12.6 Å². The molecule has 24 heavy (non-hydrogen) atoms. The van der Waals surface area contributed by atoms with E-state index in [1.54, 1.807) is 18.2 Å². The van der Waals surface area contributed by atoms with Crippen molar-refractivity contribution in [2.75, 3.05) is 13.2 Å². The lowest BCUT2D eigenvalue weighted by molar-refractivity contribution is 0.158. The molecule has 0 bridgehead atoms. The summed E-state index contributed by atoms with van der Waals surface area (Å²) < 4.78 is 11.4. The molecule has 0 saturated carbocycles. The van der Waals surface area contributed by atoms with Crippen LogP contribution in [-0.2, 0) is 6.42 Å². The third kappa shape index (κ3) is 3.93. The van der Waals surface area contributed by atoms with E-state index in [4.69, 9.17) is 9.47 Å². The molecule has 1 aliphatic heterocycles. The van der Waals surface area contributed by atoms with Crippen LogP contribution in [0, 0.1) is 0 Å². The van der Waals surface area contributed by atoms with Crippen LogP contribution in [0.2, 0.25) is 0 Å². The zero-order chi connectivity index (χ0) is 16.2. The molecular weight excluding hydrogens is 330 g/mol. The number of hydrogen-bond donors (Lipinski definition) is 3. The Morgan fingerprint density at radius 2 is 1.79 bits per heavy atom. The molecule has 0 aliphatic carbocycles. The van der Waals surface area contributed by atoms with Gasteiger partial charge in [0.1, 0.15) is 18.1 Å². The fourth-order valence-electron chi connectivity index (χ4n) is 2.56. The summed E-state index contributed by atoms with van der Waals surface area (Å²) in [5.41, 5.74) is 1.80. The van der Waals surface area contributed by atoms with Crippen LogP contribution in [0.5, 0.6) is 23.0 Å². The summed E-state index contributed by atoms with van der Waals surface area (Å²) in [5.74, 6) is 1.19. The number of fused-ring (bicyclic) bond motifs is 1. The zero-order valence-corrected chi connectivity index (χ0v) is 13.9. The second-order valence-corrected chi connectivity index (χ2v) is 5.31. The molecule has 0 spiro atoms. The van der Waals surface area contributed by atoms with Crippen LogP contribution in [0.3, 0.4) is 0 Å². The normalized spacial score (nSPS) is 15.8. The first-order valence-corrected chi connectivity index (χ1v) is 7.46. The Hall–Kier alpha value is -2.37. The van der Waals surface area contributed by atoms with Crippen molar-refractivity contribution in [3.8, 4) is 23.0 Å². The van der Waals surface area contributed by atoms with E-state index in [2.05, 4.69) is 11.9 Å². The quantitative estimate of drug-likeness (QED) is 0.570. The van der Waals surface area contributed by atoms with Crippen LogP contribution < -0.4 is 14.8 Å². The predicted octanol–water partition coefficient (Wildman–Crippen LogP) is 3.31. The van der Waals surface area contributed by atoms with Crippen molar-refractivity contribution in [1.82, 2.24) is 5.32 Å². The largest absolute Gasteiger partial charge is 0.504 e. The van der Waals surface area contributed by atoms with Crippen LogP contribution in [0.15, 0.2) is 49.1 Å². The molecule has 0 amide bonds. The summed E-state index contributed by atoms with van der Waals surface area (Å²) in [6, 6.07) is 10.5. The molecule has 6 heteroatoms. The maximum atomic E-state index is 9.72. The van der Waals surface area contributed by atoms with Gasteiger partial charge in [-0.3, -0.25) is 5.32 Å². The Bertz CT molecular complexity index is 703. The number of ether oxygens (including phenoxy) is 2. The van der Waals surface area contributed by atoms with Crippen molar-refractivity contribution < 1.29 is 19.7 Å². The highest BCUT2D eigenvalue weighted by Gasteiger charge is 2.23. The monoisotopic (exact) mass is 349 g/mol. The topological polar surface area (TPSA) is 71.0 Å². The fourth-order valence-corrected chi connectivity index (χ4v) is 2.56. The number of rotatable bonds is 5. The molecule has 1 heterocycles. The maximum Gasteiger partial charge on any atom is 0.176 e. The van der Waals surface area contributed by atoms with E-state index < -0.39 is 0 Å². The molecule has 2 aromatic rings. The summed E-state index contributed by atoms with van der Waals surface area (Å²) in [5, 5.41) is 22.6. The molecule has 0 saturated heterocycles. The molecule has 1 atom stereocenters. The van der Waals surface area contributed by atoms with Gasteiger partial charge in [0.15, 0.2) is 17.7 Å². The smallest absolute Gasteiger partial charge is 0.176 e. The number of nitrogens with one attached hydrogen (secondary N) is 1. The van der Waals surface area contributed by atoms with Crippen LogP contribution in [0.4, 0.5) is 0 Å². The van der Waals surface area contributed by atoms with Gasteiger partial charge in [-0.15, -0.1) is 12.4 Å². The van der Waals surface area contributed by atoms with Gasteiger partial charge in [-0.25, -0.2) is 0 Å². The number of halogens is 1. The maximum absolute atomic E-state index is 9.72. The Kier molecular flexibility index (Phi) is 5.95. The third-order valence-corrected chi connectivity index (χ3v) is 3.69. The Balaban J connectivity index is 0.00000208. The molecule has 3 rings (SSSR count). The van der Waals surface area contributed by atoms with E-state index in [1.807, 2.05) is 24.3 Å². The average Bonchev–Trinajstić information content (AvgIpc) is 2.56. The van der Waals surface area contributed by atoms with Gasteiger partial charge < -0.3 is 19.7 Å². The number of phenolic OH excluding ortho intramolecular Hbond substituents is 2. The average molecular weight is 350 g/mol. The highest BCUT2D eigenvalue weighted by atomic mass is 35.5. The van der Waals surface area contributed by atoms with E-state index in [0.717, 1.165) is 29.8 Å². The lowest BCUT2D eigenvalue weighted by Gasteiger charge is -2.28. The summed E-state index contributed by atoms with van der Waals surface area (Å²) >= 11 is 0. The zero-order valence-electron chi connectivity index (χ0n) is 13.1. The number of aromatic hydroxyl groups is 2. The second-order valence-electron chi connectivity index (χ2n) is 5.31. The SMILES string of the molecule is C=CCOc1ccc(OC2NCCc3cc(O)c(O)cc32)cc1.Cl.